The summed E-state index contributed by atoms with van der Waals surface area (Å²) in [5.74, 6) is 0.544. The Balaban J connectivity index is 2.03. The number of hydrogen-bond donors (Lipinski definition) is 0. The van der Waals surface area contributed by atoms with Crippen LogP contribution in [0.2, 0.25) is 0 Å². The van der Waals surface area contributed by atoms with Crippen LogP contribution in [0, 0.1) is 0 Å². The predicted molar refractivity (Wildman–Crippen MR) is 85.8 cm³/mol. The predicted octanol–water partition coefficient (Wildman–Crippen LogP) is 2.04. The lowest BCUT2D eigenvalue weighted by Gasteiger charge is -2.32. The van der Waals surface area contributed by atoms with Crippen LogP contribution in [-0.4, -0.2) is 34.4 Å². The number of ether oxygens (including phenoxy) is 1. The second kappa shape index (κ2) is 6.32. The van der Waals surface area contributed by atoms with Crippen LogP contribution >= 0.6 is 11.8 Å². The molecule has 1 aromatic rings. The van der Waals surface area contributed by atoms with Crippen molar-refractivity contribution in [1.29, 1.82) is 0 Å². The molecule has 6 nitrogen and oxygen atoms in total. The van der Waals surface area contributed by atoms with Gasteiger partial charge in [0.05, 0.1) is 0 Å². The van der Waals surface area contributed by atoms with Gasteiger partial charge in [-0.15, -0.1) is 0 Å². The number of aromatic nitrogens is 2. The van der Waals surface area contributed by atoms with E-state index < -0.39 is 5.97 Å². The number of thioether (sulfide) groups is 1. The first-order valence-electron chi connectivity index (χ1n) is 7.77. The van der Waals surface area contributed by atoms with Crippen LogP contribution in [0.1, 0.15) is 39.0 Å². The molecular formula is C15H21N3O3S. The van der Waals surface area contributed by atoms with Crippen molar-refractivity contribution in [2.45, 2.75) is 56.8 Å². The molecule has 0 atom stereocenters. The van der Waals surface area contributed by atoms with E-state index in [4.69, 9.17) is 4.74 Å². The van der Waals surface area contributed by atoms with E-state index in [0.717, 1.165) is 18.6 Å². The van der Waals surface area contributed by atoms with Crippen molar-refractivity contribution >= 4 is 23.4 Å². The lowest BCUT2D eigenvalue weighted by atomic mass is 9.94. The molecule has 0 saturated heterocycles. The van der Waals surface area contributed by atoms with E-state index >= 15 is 0 Å². The maximum Gasteiger partial charge on any atom is 0.309 e. The third-order valence-corrected chi connectivity index (χ3v) is 5.30. The maximum atomic E-state index is 12.8. The number of rotatable bonds is 3. The molecule has 0 aromatic carbocycles. The first-order valence-corrected chi connectivity index (χ1v) is 8.75. The number of esters is 1. The van der Waals surface area contributed by atoms with E-state index in [1.54, 1.807) is 4.57 Å². The smallest absolute Gasteiger partial charge is 0.309 e. The second-order valence-corrected chi connectivity index (χ2v) is 6.91. The SMILES string of the molecule is CC(=O)Oc1nc2n(c(=O)c1N(C)C1CCCCC1)CCS2. The molecule has 0 spiro atoms. The molecule has 0 unspecified atom stereocenters. The number of anilines is 1. The Hall–Kier alpha value is -1.50. The normalized spacial score (nSPS) is 18.1. The Labute approximate surface area is 133 Å². The highest BCUT2D eigenvalue weighted by Gasteiger charge is 2.28. The van der Waals surface area contributed by atoms with Gasteiger partial charge in [-0.2, -0.15) is 4.98 Å². The van der Waals surface area contributed by atoms with Gasteiger partial charge in [0.2, 0.25) is 0 Å². The van der Waals surface area contributed by atoms with Crippen molar-refractivity contribution in [2.75, 3.05) is 17.7 Å². The van der Waals surface area contributed by atoms with E-state index in [9.17, 15) is 9.59 Å². The number of nitrogens with zero attached hydrogens (tertiary/aromatic N) is 3. The summed E-state index contributed by atoms with van der Waals surface area (Å²) in [4.78, 5) is 30.6. The molecule has 1 fully saturated rings. The fourth-order valence-electron chi connectivity index (χ4n) is 3.20. The largest absolute Gasteiger partial charge is 0.405 e. The standard InChI is InChI=1S/C15H21N3O3S/c1-10(19)21-13-12(17(2)11-6-4-3-5-7-11)14(20)18-8-9-22-15(18)16-13/h11H,3-9H2,1-2H3. The molecule has 1 aliphatic carbocycles. The Morgan fingerprint density at radius 3 is 2.77 bits per heavy atom. The summed E-state index contributed by atoms with van der Waals surface area (Å²) in [5, 5.41) is 0.641. The molecular weight excluding hydrogens is 302 g/mol. The van der Waals surface area contributed by atoms with Crippen LogP contribution in [-0.2, 0) is 11.3 Å². The van der Waals surface area contributed by atoms with Crippen molar-refractivity contribution in [1.82, 2.24) is 9.55 Å². The summed E-state index contributed by atoms with van der Waals surface area (Å²) < 4.78 is 6.93. The van der Waals surface area contributed by atoms with Gasteiger partial charge in [0, 0.05) is 32.3 Å². The molecule has 1 aliphatic heterocycles. The molecule has 0 bridgehead atoms. The third-order valence-electron chi connectivity index (χ3n) is 4.34. The van der Waals surface area contributed by atoms with Gasteiger partial charge in [-0.3, -0.25) is 14.2 Å². The minimum absolute atomic E-state index is 0.0978. The Kier molecular flexibility index (Phi) is 4.42. The zero-order valence-corrected chi connectivity index (χ0v) is 13.8. The highest BCUT2D eigenvalue weighted by Crippen LogP contribution is 2.32. The summed E-state index contributed by atoms with van der Waals surface area (Å²) in [7, 11) is 1.91. The van der Waals surface area contributed by atoms with Crippen LogP contribution in [0.25, 0.3) is 0 Å². The quantitative estimate of drug-likeness (QED) is 0.626. The molecule has 7 heteroatoms. The first-order chi connectivity index (χ1) is 10.6. The number of hydrogen-bond acceptors (Lipinski definition) is 6. The van der Waals surface area contributed by atoms with Gasteiger partial charge in [0.25, 0.3) is 11.4 Å². The van der Waals surface area contributed by atoms with Crippen LogP contribution < -0.4 is 15.2 Å². The van der Waals surface area contributed by atoms with Crippen molar-refractivity contribution in [3.8, 4) is 5.88 Å². The van der Waals surface area contributed by atoms with Gasteiger partial charge in [-0.1, -0.05) is 31.0 Å². The monoisotopic (exact) mass is 323 g/mol. The van der Waals surface area contributed by atoms with Gasteiger partial charge in [-0.05, 0) is 12.8 Å². The molecule has 2 aliphatic rings. The highest BCUT2D eigenvalue weighted by molar-refractivity contribution is 7.99. The van der Waals surface area contributed by atoms with Crippen LogP contribution in [0.15, 0.2) is 9.95 Å². The minimum Gasteiger partial charge on any atom is -0.405 e. The molecule has 22 heavy (non-hydrogen) atoms. The van der Waals surface area contributed by atoms with Crippen molar-refractivity contribution in [3.05, 3.63) is 10.4 Å². The summed E-state index contributed by atoms with van der Waals surface area (Å²) in [6, 6.07) is 0.310. The minimum atomic E-state index is -0.446. The Morgan fingerprint density at radius 1 is 1.36 bits per heavy atom. The zero-order chi connectivity index (χ0) is 15.7. The molecule has 0 N–H and O–H groups in total. The lowest BCUT2D eigenvalue weighted by Crippen LogP contribution is -2.39. The summed E-state index contributed by atoms with van der Waals surface area (Å²) >= 11 is 1.52. The number of carbonyl (C=O) groups excluding carboxylic acids is 1. The van der Waals surface area contributed by atoms with E-state index in [1.807, 2.05) is 11.9 Å². The molecule has 1 aromatic heterocycles. The molecule has 0 radical (unpaired) electrons. The van der Waals surface area contributed by atoms with Gasteiger partial charge < -0.3 is 9.64 Å². The summed E-state index contributed by atoms with van der Waals surface area (Å²) in [6.07, 6.45) is 5.72. The third kappa shape index (κ3) is 2.86. The maximum absolute atomic E-state index is 12.8. The van der Waals surface area contributed by atoms with E-state index in [0.29, 0.717) is 23.4 Å². The average Bonchev–Trinajstić information content (AvgIpc) is 2.96. The fourth-order valence-corrected chi connectivity index (χ4v) is 4.14. The van der Waals surface area contributed by atoms with E-state index in [1.165, 1.54) is 37.9 Å². The lowest BCUT2D eigenvalue weighted by molar-refractivity contribution is -0.132. The van der Waals surface area contributed by atoms with Gasteiger partial charge in [0.1, 0.15) is 0 Å². The highest BCUT2D eigenvalue weighted by atomic mass is 32.2. The number of fused-ring (bicyclic) bond motifs is 1. The Bertz CT molecular complexity index is 638. The van der Waals surface area contributed by atoms with Gasteiger partial charge in [-0.25, -0.2) is 0 Å². The molecule has 3 rings (SSSR count). The van der Waals surface area contributed by atoms with Gasteiger partial charge in [0.15, 0.2) is 10.8 Å². The summed E-state index contributed by atoms with van der Waals surface area (Å²) in [5.41, 5.74) is 0.327. The zero-order valence-electron chi connectivity index (χ0n) is 13.0. The van der Waals surface area contributed by atoms with Gasteiger partial charge >= 0.3 is 5.97 Å². The second-order valence-electron chi connectivity index (χ2n) is 5.85. The topological polar surface area (TPSA) is 64.4 Å². The van der Waals surface area contributed by atoms with Crippen LogP contribution in [0.3, 0.4) is 0 Å². The molecule has 120 valence electrons. The fraction of sp³-hybridized carbons (Fsp3) is 0.667. The van der Waals surface area contributed by atoms with Crippen molar-refractivity contribution in [3.63, 3.8) is 0 Å². The first kappa shape index (κ1) is 15.4. The van der Waals surface area contributed by atoms with Crippen molar-refractivity contribution in [2.24, 2.45) is 0 Å². The van der Waals surface area contributed by atoms with E-state index in [2.05, 4.69) is 4.98 Å². The van der Waals surface area contributed by atoms with E-state index in [-0.39, 0.29) is 11.4 Å². The number of carbonyl (C=O) groups is 1. The Morgan fingerprint density at radius 2 is 2.09 bits per heavy atom. The average molecular weight is 323 g/mol. The van der Waals surface area contributed by atoms with Crippen molar-refractivity contribution < 1.29 is 9.53 Å². The van der Waals surface area contributed by atoms with Crippen LogP contribution in [0.4, 0.5) is 5.69 Å². The molecule has 2 heterocycles. The summed E-state index contributed by atoms with van der Waals surface area (Å²) in [6.45, 7) is 2.00. The molecule has 1 saturated carbocycles. The molecule has 0 amide bonds. The van der Waals surface area contributed by atoms with Crippen LogP contribution in [0.5, 0.6) is 5.88 Å².